The van der Waals surface area contributed by atoms with E-state index in [1.165, 1.54) is 24.8 Å². The van der Waals surface area contributed by atoms with Gasteiger partial charge in [0, 0.05) is 0 Å². The van der Waals surface area contributed by atoms with Gasteiger partial charge in [0.1, 0.15) is 11.4 Å². The summed E-state index contributed by atoms with van der Waals surface area (Å²) >= 11 is 0. The van der Waals surface area contributed by atoms with E-state index in [9.17, 15) is 4.79 Å². The molecule has 0 N–H and O–H groups in total. The number of hydrogen-bond donors (Lipinski definition) is 0. The lowest BCUT2D eigenvalue weighted by Crippen LogP contribution is -2.53. The van der Waals surface area contributed by atoms with Crippen molar-refractivity contribution in [3.8, 4) is 5.75 Å². The van der Waals surface area contributed by atoms with Crippen molar-refractivity contribution in [3.05, 3.63) is 29.8 Å². The topological polar surface area (TPSA) is 35.5 Å². The van der Waals surface area contributed by atoms with E-state index >= 15 is 0 Å². The second-order valence-electron chi connectivity index (χ2n) is 7.55. The highest BCUT2D eigenvalue weighted by molar-refractivity contribution is 5.64. The number of ether oxygens (including phenoxy) is 2. The number of aryl methyl sites for hydroxylation is 1. The van der Waals surface area contributed by atoms with Crippen LogP contribution in [0.15, 0.2) is 24.3 Å². The molecule has 0 amide bonds. The van der Waals surface area contributed by atoms with Gasteiger partial charge in [0.25, 0.3) is 0 Å². The molecule has 0 radical (unpaired) electrons. The third kappa shape index (κ3) is 2.62. The van der Waals surface area contributed by atoms with Gasteiger partial charge in [-0.3, -0.25) is 0 Å². The van der Waals surface area contributed by atoms with Gasteiger partial charge in [0.2, 0.25) is 0 Å². The minimum Gasteiger partial charge on any atom is -0.427 e. The first-order chi connectivity index (χ1) is 10.6. The van der Waals surface area contributed by atoms with Gasteiger partial charge in [-0.25, -0.2) is 4.79 Å². The maximum absolute atomic E-state index is 12.2. The van der Waals surface area contributed by atoms with E-state index in [0.29, 0.717) is 5.75 Å². The molecule has 0 unspecified atom stereocenters. The van der Waals surface area contributed by atoms with Crippen LogP contribution in [0.25, 0.3) is 0 Å². The minimum absolute atomic E-state index is 0.227. The zero-order valence-electron chi connectivity index (χ0n) is 13.2. The smallest absolute Gasteiger partial charge is 0.427 e. The van der Waals surface area contributed by atoms with Gasteiger partial charge in [-0.15, -0.1) is 0 Å². The van der Waals surface area contributed by atoms with Crippen LogP contribution in [0, 0.1) is 17.8 Å². The van der Waals surface area contributed by atoms with Crippen LogP contribution in [0.3, 0.4) is 0 Å². The predicted octanol–water partition coefficient (Wildman–Crippen LogP) is 4.73. The highest BCUT2D eigenvalue weighted by atomic mass is 16.7. The molecule has 4 aliphatic carbocycles. The second kappa shape index (κ2) is 5.29. The monoisotopic (exact) mass is 300 g/mol. The van der Waals surface area contributed by atoms with Crippen molar-refractivity contribution < 1.29 is 14.3 Å². The first-order valence-electron chi connectivity index (χ1n) is 8.64. The standard InChI is InChI=1S/C19H24O3/c1-2-13-3-5-17(6-4-13)21-18(20)22-19-10-14-7-15(11-19)9-16(8-14)12-19/h3-6,14-16H,2,7-12H2,1H3. The highest BCUT2D eigenvalue weighted by Crippen LogP contribution is 2.57. The molecule has 4 bridgehead atoms. The van der Waals surface area contributed by atoms with Gasteiger partial charge in [-0.1, -0.05) is 19.1 Å². The third-order valence-electron chi connectivity index (χ3n) is 5.81. The van der Waals surface area contributed by atoms with Crippen molar-refractivity contribution in [2.45, 2.75) is 57.5 Å². The normalized spacial score (nSPS) is 35.4. The van der Waals surface area contributed by atoms with E-state index in [-0.39, 0.29) is 5.60 Å². The largest absolute Gasteiger partial charge is 0.514 e. The molecular formula is C19H24O3. The van der Waals surface area contributed by atoms with Crippen LogP contribution < -0.4 is 4.74 Å². The molecule has 0 aromatic heterocycles. The van der Waals surface area contributed by atoms with Crippen LogP contribution in [-0.2, 0) is 11.2 Å². The van der Waals surface area contributed by atoms with Gasteiger partial charge in [-0.05, 0) is 80.4 Å². The SMILES string of the molecule is CCc1ccc(OC(=O)OC23CC4CC(CC(C4)C2)C3)cc1. The fourth-order valence-corrected chi connectivity index (χ4v) is 5.24. The minimum atomic E-state index is -0.522. The van der Waals surface area contributed by atoms with Crippen LogP contribution in [-0.4, -0.2) is 11.8 Å². The molecule has 0 saturated heterocycles. The Morgan fingerprint density at radius 2 is 1.59 bits per heavy atom. The average Bonchev–Trinajstić information content (AvgIpc) is 2.45. The van der Waals surface area contributed by atoms with Gasteiger partial charge in [-0.2, -0.15) is 0 Å². The lowest BCUT2D eigenvalue weighted by molar-refractivity contribution is -0.135. The molecule has 4 fully saturated rings. The second-order valence-corrected chi connectivity index (χ2v) is 7.55. The number of carbonyl (C=O) groups is 1. The molecule has 4 saturated carbocycles. The quantitative estimate of drug-likeness (QED) is 0.598. The van der Waals surface area contributed by atoms with E-state index in [4.69, 9.17) is 9.47 Å². The molecule has 0 spiro atoms. The van der Waals surface area contributed by atoms with E-state index in [0.717, 1.165) is 43.4 Å². The number of benzene rings is 1. The summed E-state index contributed by atoms with van der Waals surface area (Å²) in [6.45, 7) is 2.11. The zero-order chi connectivity index (χ0) is 15.2. The van der Waals surface area contributed by atoms with Gasteiger partial charge in [0.15, 0.2) is 0 Å². The molecule has 3 heteroatoms. The predicted molar refractivity (Wildman–Crippen MR) is 83.8 cm³/mol. The van der Waals surface area contributed by atoms with Crippen LogP contribution in [0.1, 0.15) is 51.0 Å². The molecule has 4 aliphatic rings. The summed E-state index contributed by atoms with van der Waals surface area (Å²) < 4.78 is 11.2. The zero-order valence-corrected chi connectivity index (χ0v) is 13.2. The Bertz CT molecular complexity index is 525. The summed E-state index contributed by atoms with van der Waals surface area (Å²) in [7, 11) is 0. The van der Waals surface area contributed by atoms with Crippen LogP contribution in [0.2, 0.25) is 0 Å². The van der Waals surface area contributed by atoms with Gasteiger partial charge in [0.05, 0.1) is 0 Å². The van der Waals surface area contributed by atoms with Crippen LogP contribution in [0.4, 0.5) is 4.79 Å². The molecular weight excluding hydrogens is 276 g/mol. The lowest BCUT2D eigenvalue weighted by Gasteiger charge is -2.55. The Morgan fingerprint density at radius 3 is 2.09 bits per heavy atom. The van der Waals surface area contributed by atoms with Crippen LogP contribution in [0.5, 0.6) is 5.75 Å². The van der Waals surface area contributed by atoms with E-state index < -0.39 is 6.16 Å². The molecule has 5 rings (SSSR count). The highest BCUT2D eigenvalue weighted by Gasteiger charge is 2.53. The molecule has 0 atom stereocenters. The summed E-state index contributed by atoms with van der Waals surface area (Å²) in [5, 5.41) is 0. The van der Waals surface area contributed by atoms with Gasteiger partial charge < -0.3 is 9.47 Å². The van der Waals surface area contributed by atoms with E-state index in [1.54, 1.807) is 0 Å². The molecule has 1 aromatic rings. The fraction of sp³-hybridized carbons (Fsp3) is 0.632. The molecule has 1 aromatic carbocycles. The molecule has 3 nitrogen and oxygen atoms in total. The fourth-order valence-electron chi connectivity index (χ4n) is 5.24. The van der Waals surface area contributed by atoms with Crippen molar-refractivity contribution in [1.82, 2.24) is 0 Å². The summed E-state index contributed by atoms with van der Waals surface area (Å²) in [5.41, 5.74) is 1.01. The maximum atomic E-state index is 12.2. The number of hydrogen-bond acceptors (Lipinski definition) is 3. The van der Waals surface area contributed by atoms with Crippen molar-refractivity contribution in [2.24, 2.45) is 17.8 Å². The Kier molecular flexibility index (Phi) is 3.39. The lowest BCUT2D eigenvalue weighted by atomic mass is 9.54. The molecule has 22 heavy (non-hydrogen) atoms. The Morgan fingerprint density at radius 1 is 1.05 bits per heavy atom. The van der Waals surface area contributed by atoms with E-state index in [1.807, 2.05) is 24.3 Å². The van der Waals surface area contributed by atoms with Crippen LogP contribution >= 0.6 is 0 Å². The molecule has 0 heterocycles. The molecule has 0 aliphatic heterocycles. The Hall–Kier alpha value is -1.51. The van der Waals surface area contributed by atoms with Crippen molar-refractivity contribution >= 4 is 6.16 Å². The molecule has 118 valence electrons. The van der Waals surface area contributed by atoms with Gasteiger partial charge >= 0.3 is 6.16 Å². The summed E-state index contributed by atoms with van der Waals surface area (Å²) in [6.07, 6.45) is 7.63. The Balaban J connectivity index is 1.41. The first kappa shape index (κ1) is 14.1. The first-order valence-corrected chi connectivity index (χ1v) is 8.64. The van der Waals surface area contributed by atoms with E-state index in [2.05, 4.69) is 6.92 Å². The summed E-state index contributed by atoms with van der Waals surface area (Å²) in [5.74, 6) is 2.88. The van der Waals surface area contributed by atoms with Crippen molar-refractivity contribution in [2.75, 3.05) is 0 Å². The number of rotatable bonds is 3. The summed E-state index contributed by atoms with van der Waals surface area (Å²) in [4.78, 5) is 12.2. The third-order valence-corrected chi connectivity index (χ3v) is 5.81. The average molecular weight is 300 g/mol. The van der Waals surface area contributed by atoms with Crippen molar-refractivity contribution in [3.63, 3.8) is 0 Å². The Labute approximate surface area is 132 Å². The van der Waals surface area contributed by atoms with Crippen molar-refractivity contribution in [1.29, 1.82) is 0 Å². The number of carbonyl (C=O) groups excluding carboxylic acids is 1. The summed E-state index contributed by atoms with van der Waals surface area (Å²) in [6, 6.07) is 7.68. The maximum Gasteiger partial charge on any atom is 0.514 e.